The van der Waals surface area contributed by atoms with Gasteiger partial charge in [0.1, 0.15) is 0 Å². The van der Waals surface area contributed by atoms with Gasteiger partial charge in [-0.15, -0.1) is 0 Å². The molecule has 2 nitrogen and oxygen atoms in total. The maximum absolute atomic E-state index is 6.25. The van der Waals surface area contributed by atoms with E-state index in [1.807, 2.05) is 0 Å². The molecule has 0 atom stereocenters. The number of hydrogen-bond donors (Lipinski definition) is 0. The summed E-state index contributed by atoms with van der Waals surface area (Å²) in [6, 6.07) is 0. The van der Waals surface area contributed by atoms with Gasteiger partial charge in [0.25, 0.3) is 0 Å². The Hall–Kier alpha value is 3.11. The summed E-state index contributed by atoms with van der Waals surface area (Å²) in [7, 11) is 0. The van der Waals surface area contributed by atoms with E-state index in [0.717, 1.165) is 0 Å². The van der Waals surface area contributed by atoms with Crippen molar-refractivity contribution in [3.8, 4) is 0 Å². The van der Waals surface area contributed by atoms with E-state index in [2.05, 4.69) is 59.3 Å². The standard InChI is InChI=1S/CH4.12CH3.2O.4Sn/h1H4;12*1H3;;;;;;. The second-order valence-corrected chi connectivity index (χ2v) is 67.0. The normalized spacial score (nSPS) is 13.3. The third kappa shape index (κ3) is 33.8. The molecule has 0 amide bonds. The minimum atomic E-state index is -2.53. The van der Waals surface area contributed by atoms with Crippen molar-refractivity contribution in [2.45, 2.75) is 66.7 Å². The molecule has 0 aliphatic heterocycles. The monoisotopic (exact) mass is 708 g/mol. The molecule has 0 bridgehead atoms. The van der Waals surface area contributed by atoms with Crippen LogP contribution in [-0.4, -0.2) is 75.2 Å². The SMILES string of the molecule is C.[CH3][Sn]([CH3])([CH3])[CH3].[CH3][Sn]([CH3])([CH3])[O][Sn]([CH3])([CH3])[O][Sn]([CH3])([CH3])[CH3]. The Morgan fingerprint density at radius 2 is 0.632 bits per heavy atom. The van der Waals surface area contributed by atoms with Crippen molar-refractivity contribution >= 4 is 75.2 Å². The molecule has 0 rings (SSSR count). The van der Waals surface area contributed by atoms with Gasteiger partial charge in [0, 0.05) is 0 Å². The van der Waals surface area contributed by atoms with Gasteiger partial charge in [-0.2, -0.15) is 0 Å². The first-order valence-electron chi connectivity index (χ1n) is 6.82. The second kappa shape index (κ2) is 10.1. The first kappa shape index (κ1) is 27.0. The molecule has 120 valence electrons. The van der Waals surface area contributed by atoms with Crippen LogP contribution in [0.15, 0.2) is 0 Å². The van der Waals surface area contributed by atoms with E-state index in [9.17, 15) is 0 Å². The predicted octanol–water partition coefficient (Wildman–Crippen LogP) is 5.98. The molecule has 19 heavy (non-hydrogen) atoms. The van der Waals surface area contributed by atoms with Crippen LogP contribution < -0.4 is 0 Å². The fourth-order valence-corrected chi connectivity index (χ4v) is 72.7. The molecule has 0 aliphatic rings. The van der Waals surface area contributed by atoms with E-state index >= 15 is 0 Å². The molecule has 0 saturated heterocycles. The zero-order chi connectivity index (χ0) is 15.4. The molecule has 0 aromatic heterocycles. The average molecular weight is 703 g/mol. The summed E-state index contributed by atoms with van der Waals surface area (Å²) in [5, 5.41) is 0. The molecule has 0 aliphatic carbocycles. The van der Waals surface area contributed by atoms with Crippen LogP contribution in [0.1, 0.15) is 7.43 Å². The van der Waals surface area contributed by atoms with Crippen LogP contribution >= 0.6 is 0 Å². The Labute approximate surface area is 142 Å². The fraction of sp³-hybridized carbons (Fsp3) is 1.00. The first-order chi connectivity index (χ1) is 7.41. The zero-order valence-electron chi connectivity index (χ0n) is 14.8. The molecular formula is C13H40O2Sn4. The van der Waals surface area contributed by atoms with Crippen molar-refractivity contribution in [1.82, 2.24) is 0 Å². The summed E-state index contributed by atoms with van der Waals surface area (Å²) in [5.41, 5.74) is 0. The molecule has 0 fully saturated rings. The van der Waals surface area contributed by atoms with E-state index in [0.29, 0.717) is 0 Å². The summed E-state index contributed by atoms with van der Waals surface area (Å²) in [5.74, 6) is 0. The van der Waals surface area contributed by atoms with Gasteiger partial charge in [-0.1, -0.05) is 7.43 Å². The summed E-state index contributed by atoms with van der Waals surface area (Å²) < 4.78 is 12.5. The first-order valence-corrected chi connectivity index (χ1v) is 45.7. The Bertz CT molecular complexity index is 210. The topological polar surface area (TPSA) is 18.5 Å². The second-order valence-electron chi connectivity index (χ2n) is 8.83. The summed E-state index contributed by atoms with van der Waals surface area (Å²) in [6.07, 6.45) is 0. The van der Waals surface area contributed by atoms with E-state index in [-0.39, 0.29) is 7.43 Å². The third-order valence-corrected chi connectivity index (χ3v) is 49.7. The van der Waals surface area contributed by atoms with Gasteiger partial charge in [-0.25, -0.2) is 0 Å². The van der Waals surface area contributed by atoms with Gasteiger partial charge in [-0.05, 0) is 0 Å². The number of rotatable bonds is 4. The van der Waals surface area contributed by atoms with Gasteiger partial charge in [0.2, 0.25) is 0 Å². The van der Waals surface area contributed by atoms with Crippen LogP contribution in [0.25, 0.3) is 0 Å². The van der Waals surface area contributed by atoms with Gasteiger partial charge >= 0.3 is 137 Å². The molecule has 0 heterocycles. The molecule has 0 radical (unpaired) electrons. The molecular weight excluding hydrogens is 663 g/mol. The van der Waals surface area contributed by atoms with Crippen molar-refractivity contribution in [1.29, 1.82) is 0 Å². The minimum absolute atomic E-state index is 0. The molecule has 0 N–H and O–H groups in total. The van der Waals surface area contributed by atoms with Crippen molar-refractivity contribution < 1.29 is 2.82 Å². The van der Waals surface area contributed by atoms with Crippen molar-refractivity contribution in [3.63, 3.8) is 0 Å². The van der Waals surface area contributed by atoms with Crippen LogP contribution in [0.5, 0.6) is 0 Å². The molecule has 0 unspecified atom stereocenters. The summed E-state index contributed by atoms with van der Waals surface area (Å²) in [4.78, 5) is 28.0. The quantitative estimate of drug-likeness (QED) is 0.336. The molecule has 6 heteroatoms. The number of hydrogen-bond acceptors (Lipinski definition) is 2. The third-order valence-electron chi connectivity index (χ3n) is 1.10. The van der Waals surface area contributed by atoms with E-state index in [1.165, 1.54) is 0 Å². The van der Waals surface area contributed by atoms with E-state index < -0.39 is 75.2 Å². The van der Waals surface area contributed by atoms with Crippen LogP contribution in [-0.2, 0) is 2.82 Å². The Balaban J connectivity index is -0.000000366. The summed E-state index contributed by atoms with van der Waals surface area (Å²) in [6.45, 7) is 0. The van der Waals surface area contributed by atoms with E-state index in [4.69, 9.17) is 2.82 Å². The van der Waals surface area contributed by atoms with Crippen molar-refractivity contribution in [2.24, 2.45) is 0 Å². The average Bonchev–Trinajstić information content (AvgIpc) is 1.64. The van der Waals surface area contributed by atoms with Crippen molar-refractivity contribution in [2.75, 3.05) is 0 Å². The van der Waals surface area contributed by atoms with Crippen molar-refractivity contribution in [3.05, 3.63) is 0 Å². The Kier molecular flexibility index (Phi) is 14.3. The van der Waals surface area contributed by atoms with E-state index in [1.54, 1.807) is 0 Å². The predicted molar refractivity (Wildman–Crippen MR) is 102 cm³/mol. The molecule has 0 aromatic carbocycles. The van der Waals surface area contributed by atoms with Crippen LogP contribution in [0.2, 0.25) is 59.3 Å². The van der Waals surface area contributed by atoms with Gasteiger partial charge in [0.05, 0.1) is 0 Å². The van der Waals surface area contributed by atoms with Crippen LogP contribution in [0.3, 0.4) is 0 Å². The Morgan fingerprint density at radius 1 is 0.474 bits per heavy atom. The maximum atomic E-state index is 6.25. The van der Waals surface area contributed by atoms with Gasteiger partial charge < -0.3 is 0 Å². The summed E-state index contributed by atoms with van der Waals surface area (Å²) >= 11 is -7.86. The van der Waals surface area contributed by atoms with Crippen LogP contribution in [0.4, 0.5) is 0 Å². The molecule has 0 spiro atoms. The molecule has 0 saturated carbocycles. The van der Waals surface area contributed by atoms with Gasteiger partial charge in [-0.3, -0.25) is 0 Å². The van der Waals surface area contributed by atoms with Gasteiger partial charge in [0.15, 0.2) is 0 Å². The fourth-order valence-electron chi connectivity index (χ4n) is 1.50. The zero-order valence-corrected chi connectivity index (χ0v) is 26.2. The Morgan fingerprint density at radius 3 is 0.737 bits per heavy atom. The molecule has 0 aromatic rings. The van der Waals surface area contributed by atoms with Crippen LogP contribution in [0, 0.1) is 0 Å².